The number of carbonyl (C=O) groups excluding carboxylic acids is 1. The smallest absolute Gasteiger partial charge is 0.350 e. The minimum atomic E-state index is -5.46. The number of H-pyrrole nitrogens is 1. The van der Waals surface area contributed by atoms with E-state index in [1.54, 1.807) is 18.2 Å². The molecule has 164 valence electrons. The summed E-state index contributed by atoms with van der Waals surface area (Å²) in [6.07, 6.45) is 4.50. The summed E-state index contributed by atoms with van der Waals surface area (Å²) < 4.78 is 61.7. The van der Waals surface area contributed by atoms with Gasteiger partial charge in [-0.3, -0.25) is 9.59 Å². The highest BCUT2D eigenvalue weighted by atomic mass is 32.2. The van der Waals surface area contributed by atoms with E-state index in [9.17, 15) is 31.2 Å². The Morgan fingerprint density at radius 1 is 1.00 bits per heavy atom. The van der Waals surface area contributed by atoms with Crippen molar-refractivity contribution < 1.29 is 26.4 Å². The molecule has 1 aromatic carbocycles. The van der Waals surface area contributed by atoms with E-state index < -0.39 is 20.2 Å². The topological polar surface area (TPSA) is 96.1 Å². The number of benzene rings is 1. The van der Waals surface area contributed by atoms with Crippen LogP contribution >= 0.6 is 0 Å². The summed E-state index contributed by atoms with van der Waals surface area (Å²) in [4.78, 5) is 26.0. The first-order valence-electron chi connectivity index (χ1n) is 9.73. The van der Waals surface area contributed by atoms with E-state index in [1.807, 2.05) is 0 Å². The number of carbonyl (C=O) groups is 1. The Morgan fingerprint density at radius 3 is 2.19 bits per heavy atom. The molecule has 0 bridgehead atoms. The second kappa shape index (κ2) is 7.67. The van der Waals surface area contributed by atoms with Gasteiger partial charge in [-0.2, -0.15) is 13.2 Å². The molecule has 4 rings (SSSR count). The average Bonchev–Trinajstić information content (AvgIpc) is 3.46. The van der Waals surface area contributed by atoms with Crippen molar-refractivity contribution in [3.8, 4) is 0 Å². The zero-order chi connectivity index (χ0) is 22.4. The van der Waals surface area contributed by atoms with Gasteiger partial charge in [0.1, 0.15) is 0 Å². The summed E-state index contributed by atoms with van der Waals surface area (Å²) >= 11 is 0. The third-order valence-corrected chi connectivity index (χ3v) is 6.93. The molecule has 0 radical (unpaired) electrons. The monoisotopic (exact) mass is 452 g/mol. The Bertz CT molecular complexity index is 1210. The van der Waals surface area contributed by atoms with Crippen LogP contribution in [0.4, 0.5) is 13.2 Å². The molecule has 10 heteroatoms. The normalized spacial score (nSPS) is 20.0. The molecular formula is C21H19F3N2O4S. The number of hydrogen-bond acceptors (Lipinski definition) is 4. The van der Waals surface area contributed by atoms with Crippen molar-refractivity contribution in [2.24, 2.45) is 0 Å². The molecule has 0 spiro atoms. The Balaban J connectivity index is 1.75. The van der Waals surface area contributed by atoms with Gasteiger partial charge in [-0.25, -0.2) is 8.42 Å². The van der Waals surface area contributed by atoms with Crippen LogP contribution in [-0.2, 0) is 14.6 Å². The van der Waals surface area contributed by atoms with Gasteiger partial charge in [-0.1, -0.05) is 24.3 Å². The van der Waals surface area contributed by atoms with E-state index in [1.165, 1.54) is 12.1 Å². The summed E-state index contributed by atoms with van der Waals surface area (Å²) in [6, 6.07) is 7.43. The molecule has 2 fully saturated rings. The maximum atomic E-state index is 12.8. The molecule has 31 heavy (non-hydrogen) atoms. The molecule has 2 N–H and O–H groups in total. The number of aromatic nitrogens is 1. The summed E-state index contributed by atoms with van der Waals surface area (Å²) in [5, 5.41) is 2.78. The Labute approximate surface area is 176 Å². The zero-order valence-corrected chi connectivity index (χ0v) is 17.0. The molecule has 2 aromatic rings. The maximum absolute atomic E-state index is 12.8. The van der Waals surface area contributed by atoms with Crippen molar-refractivity contribution in [1.82, 2.24) is 10.3 Å². The second-order valence-electron chi connectivity index (χ2n) is 7.70. The number of amides is 1. The Morgan fingerprint density at radius 2 is 1.68 bits per heavy atom. The molecule has 1 saturated heterocycles. The van der Waals surface area contributed by atoms with Crippen LogP contribution in [0, 0.1) is 0 Å². The third kappa shape index (κ3) is 4.30. The molecule has 1 aliphatic carbocycles. The van der Waals surface area contributed by atoms with Crippen LogP contribution in [0.3, 0.4) is 0 Å². The number of alkyl halides is 3. The quantitative estimate of drug-likeness (QED) is 0.728. The van der Waals surface area contributed by atoms with Crippen LogP contribution in [0.1, 0.15) is 48.4 Å². The Hall–Kier alpha value is -2.88. The standard InChI is InChI=1S/C21H19F3N2O4S/c22-21(23,24)31(29,30)15-6-3-13(4-7-15)17(11-14-5-10-19(27)25-14)18-9-8-16(12-1-2-12)20(28)26-18/h3-4,6-9,11-12,14H,1-2,5,10H2,(H,25,27)(H,26,28)/t14-/m1/s1. The number of halogens is 3. The lowest BCUT2D eigenvalue weighted by atomic mass is 9.98. The van der Waals surface area contributed by atoms with Gasteiger partial charge in [0, 0.05) is 29.3 Å². The SMILES string of the molecule is O=C1CC[C@H](C=C(c2ccc(S(=O)(=O)C(F)(F)F)cc2)c2ccc(C3CC3)c(=O)[nH]2)N1. The maximum Gasteiger partial charge on any atom is 0.501 e. The van der Waals surface area contributed by atoms with Gasteiger partial charge < -0.3 is 10.3 Å². The number of hydrogen-bond donors (Lipinski definition) is 2. The number of aromatic amines is 1. The van der Waals surface area contributed by atoms with Crippen LogP contribution in [0.25, 0.3) is 5.57 Å². The second-order valence-corrected chi connectivity index (χ2v) is 9.64. The van der Waals surface area contributed by atoms with Gasteiger partial charge in [-0.15, -0.1) is 0 Å². The number of rotatable bonds is 5. The summed E-state index contributed by atoms with van der Waals surface area (Å²) in [6.45, 7) is 0. The largest absolute Gasteiger partial charge is 0.501 e. The zero-order valence-electron chi connectivity index (χ0n) is 16.2. The highest BCUT2D eigenvalue weighted by molar-refractivity contribution is 7.92. The van der Waals surface area contributed by atoms with Crippen LogP contribution in [-0.4, -0.2) is 30.9 Å². The predicted molar refractivity (Wildman–Crippen MR) is 107 cm³/mol. The molecule has 6 nitrogen and oxygen atoms in total. The fourth-order valence-corrected chi connectivity index (χ4v) is 4.37. The molecule has 2 heterocycles. The molecule has 2 aliphatic rings. The molecule has 1 amide bonds. The third-order valence-electron chi connectivity index (χ3n) is 5.42. The van der Waals surface area contributed by atoms with E-state index in [0.717, 1.165) is 25.0 Å². The minimum Gasteiger partial charge on any atom is -0.350 e. The van der Waals surface area contributed by atoms with Gasteiger partial charge in [0.2, 0.25) is 5.91 Å². The first-order chi connectivity index (χ1) is 14.6. The molecule has 1 atom stereocenters. The number of sulfone groups is 1. The van der Waals surface area contributed by atoms with Crippen molar-refractivity contribution in [3.63, 3.8) is 0 Å². The number of nitrogens with one attached hydrogen (secondary N) is 2. The lowest BCUT2D eigenvalue weighted by Crippen LogP contribution is -2.24. The number of pyridine rings is 1. The van der Waals surface area contributed by atoms with Crippen LogP contribution in [0.5, 0.6) is 0 Å². The van der Waals surface area contributed by atoms with Crippen molar-refractivity contribution in [1.29, 1.82) is 0 Å². The molecular weight excluding hydrogens is 433 g/mol. The van der Waals surface area contributed by atoms with E-state index in [0.29, 0.717) is 35.2 Å². The highest BCUT2D eigenvalue weighted by Crippen LogP contribution is 2.38. The van der Waals surface area contributed by atoms with Gasteiger partial charge in [0.05, 0.1) is 4.90 Å². The lowest BCUT2D eigenvalue weighted by Gasteiger charge is -2.14. The predicted octanol–water partition coefficient (Wildman–Crippen LogP) is 3.26. The fourth-order valence-electron chi connectivity index (χ4n) is 3.61. The lowest BCUT2D eigenvalue weighted by molar-refractivity contribution is -0.119. The molecule has 1 saturated carbocycles. The van der Waals surface area contributed by atoms with Gasteiger partial charge >= 0.3 is 5.51 Å². The first-order valence-corrected chi connectivity index (χ1v) is 11.2. The Kier molecular flexibility index (Phi) is 5.28. The van der Waals surface area contributed by atoms with E-state index >= 15 is 0 Å². The van der Waals surface area contributed by atoms with Crippen molar-refractivity contribution in [2.75, 3.05) is 0 Å². The molecule has 0 unspecified atom stereocenters. The molecule has 1 aromatic heterocycles. The first kappa shape index (κ1) is 21.4. The summed E-state index contributed by atoms with van der Waals surface area (Å²) in [5.41, 5.74) is -3.62. The summed E-state index contributed by atoms with van der Waals surface area (Å²) in [5.74, 6) is 0.121. The van der Waals surface area contributed by atoms with Gasteiger partial charge in [-0.05, 0) is 48.9 Å². The van der Waals surface area contributed by atoms with Crippen LogP contribution in [0.2, 0.25) is 0 Å². The summed E-state index contributed by atoms with van der Waals surface area (Å²) in [7, 11) is -5.46. The highest BCUT2D eigenvalue weighted by Gasteiger charge is 2.46. The van der Waals surface area contributed by atoms with Crippen LogP contribution in [0.15, 0.2) is 52.2 Å². The van der Waals surface area contributed by atoms with Crippen molar-refractivity contribution in [2.45, 2.75) is 48.0 Å². The van der Waals surface area contributed by atoms with Gasteiger partial charge in [0.15, 0.2) is 0 Å². The van der Waals surface area contributed by atoms with Gasteiger partial charge in [0.25, 0.3) is 15.4 Å². The minimum absolute atomic E-state index is 0.121. The molecule has 1 aliphatic heterocycles. The van der Waals surface area contributed by atoms with Crippen LogP contribution < -0.4 is 10.9 Å². The van der Waals surface area contributed by atoms with E-state index in [-0.39, 0.29) is 23.4 Å². The fraction of sp³-hybridized carbons (Fsp3) is 0.333. The van der Waals surface area contributed by atoms with E-state index in [4.69, 9.17) is 0 Å². The van der Waals surface area contributed by atoms with Crippen molar-refractivity contribution in [3.05, 3.63) is 69.6 Å². The van der Waals surface area contributed by atoms with E-state index in [2.05, 4.69) is 10.3 Å². The van der Waals surface area contributed by atoms with Crippen molar-refractivity contribution >= 4 is 21.3 Å². The average molecular weight is 452 g/mol.